The van der Waals surface area contributed by atoms with Crippen molar-refractivity contribution in [3.05, 3.63) is 18.0 Å². The number of nitrogens with zero attached hydrogens (tertiary/aromatic N) is 2. The summed E-state index contributed by atoms with van der Waals surface area (Å²) in [7, 11) is 0. The number of rotatable bonds is 4. The Labute approximate surface area is 114 Å². The average molecular weight is 273 g/mol. The molecule has 1 fully saturated rings. The van der Waals surface area contributed by atoms with Gasteiger partial charge in [-0.25, -0.2) is 0 Å². The second-order valence-corrected chi connectivity index (χ2v) is 4.73. The fraction of sp³-hybridized carbons (Fsp3) is 0.667. The summed E-state index contributed by atoms with van der Waals surface area (Å²) in [5.74, 6) is -0.0583. The van der Waals surface area contributed by atoms with Gasteiger partial charge in [-0.05, 0) is 19.8 Å². The molecule has 0 atom stereocenters. The zero-order chi connectivity index (χ0) is 12.3. The summed E-state index contributed by atoms with van der Waals surface area (Å²) in [6, 6.07) is 0. The number of amides is 1. The summed E-state index contributed by atoms with van der Waals surface area (Å²) >= 11 is 0. The molecule has 1 saturated carbocycles. The summed E-state index contributed by atoms with van der Waals surface area (Å²) in [4.78, 5) is 12.1. The van der Waals surface area contributed by atoms with E-state index in [1.54, 1.807) is 17.1 Å². The second kappa shape index (κ2) is 6.20. The Kier molecular flexibility index (Phi) is 5.16. The van der Waals surface area contributed by atoms with Gasteiger partial charge in [-0.3, -0.25) is 9.48 Å². The van der Waals surface area contributed by atoms with Gasteiger partial charge < -0.3 is 11.1 Å². The highest BCUT2D eigenvalue weighted by Crippen LogP contribution is 2.28. The van der Waals surface area contributed by atoms with Crippen LogP contribution in [0, 0.1) is 0 Å². The molecular weight excluding hydrogens is 252 g/mol. The molecule has 0 unspecified atom stereocenters. The Morgan fingerprint density at radius 1 is 1.56 bits per heavy atom. The number of carbonyl (C=O) groups is 1. The van der Waals surface area contributed by atoms with Crippen molar-refractivity contribution in [3.63, 3.8) is 0 Å². The van der Waals surface area contributed by atoms with Gasteiger partial charge in [-0.2, -0.15) is 5.10 Å². The van der Waals surface area contributed by atoms with Crippen LogP contribution >= 0.6 is 12.4 Å². The average Bonchev–Trinajstić information content (AvgIpc) is 2.97. The van der Waals surface area contributed by atoms with Crippen molar-refractivity contribution >= 4 is 18.3 Å². The summed E-state index contributed by atoms with van der Waals surface area (Å²) in [5, 5.41) is 7.18. The number of nitrogens with one attached hydrogen (secondary N) is 1. The van der Waals surface area contributed by atoms with Gasteiger partial charge in [0.05, 0.1) is 17.3 Å². The zero-order valence-corrected chi connectivity index (χ0v) is 11.5. The lowest BCUT2D eigenvalue weighted by Gasteiger charge is -2.28. The molecule has 0 spiro atoms. The topological polar surface area (TPSA) is 72.9 Å². The highest BCUT2D eigenvalue weighted by atomic mass is 35.5. The highest BCUT2D eigenvalue weighted by molar-refractivity contribution is 5.94. The molecule has 1 aliphatic rings. The SMILES string of the molecule is CCn1cc(C(=O)NC2(CN)CCCC2)cn1.Cl. The molecule has 18 heavy (non-hydrogen) atoms. The van der Waals surface area contributed by atoms with Gasteiger partial charge in [0.15, 0.2) is 0 Å². The number of hydrogen-bond acceptors (Lipinski definition) is 3. The van der Waals surface area contributed by atoms with Crippen LogP contribution < -0.4 is 11.1 Å². The first kappa shape index (κ1) is 15.0. The number of aromatic nitrogens is 2. The number of aryl methyl sites for hydroxylation is 1. The van der Waals surface area contributed by atoms with Crippen LogP contribution in [-0.4, -0.2) is 27.8 Å². The van der Waals surface area contributed by atoms with Crippen molar-refractivity contribution in [1.82, 2.24) is 15.1 Å². The highest BCUT2D eigenvalue weighted by Gasteiger charge is 2.34. The Morgan fingerprint density at radius 3 is 2.72 bits per heavy atom. The normalized spacial score (nSPS) is 17.2. The fourth-order valence-electron chi connectivity index (χ4n) is 2.40. The van der Waals surface area contributed by atoms with Crippen LogP contribution in [-0.2, 0) is 6.54 Å². The molecule has 6 heteroatoms. The maximum atomic E-state index is 12.1. The third kappa shape index (κ3) is 3.03. The van der Waals surface area contributed by atoms with E-state index in [9.17, 15) is 4.79 Å². The van der Waals surface area contributed by atoms with Gasteiger partial charge in [0.25, 0.3) is 5.91 Å². The van der Waals surface area contributed by atoms with E-state index < -0.39 is 0 Å². The molecule has 5 nitrogen and oxygen atoms in total. The van der Waals surface area contributed by atoms with Gasteiger partial charge >= 0.3 is 0 Å². The predicted molar refractivity (Wildman–Crippen MR) is 72.9 cm³/mol. The fourth-order valence-corrected chi connectivity index (χ4v) is 2.40. The summed E-state index contributed by atoms with van der Waals surface area (Å²) < 4.78 is 1.75. The van der Waals surface area contributed by atoms with Crippen LogP contribution in [0.25, 0.3) is 0 Å². The molecule has 1 aliphatic carbocycles. The lowest BCUT2D eigenvalue weighted by atomic mass is 9.97. The quantitative estimate of drug-likeness (QED) is 0.868. The molecule has 0 aromatic carbocycles. The first-order chi connectivity index (χ1) is 8.19. The zero-order valence-electron chi connectivity index (χ0n) is 10.7. The maximum absolute atomic E-state index is 12.1. The van der Waals surface area contributed by atoms with E-state index in [0.29, 0.717) is 12.1 Å². The van der Waals surface area contributed by atoms with Crippen molar-refractivity contribution in [3.8, 4) is 0 Å². The van der Waals surface area contributed by atoms with Crippen molar-refractivity contribution in [2.24, 2.45) is 5.73 Å². The molecule has 3 N–H and O–H groups in total. The first-order valence-electron chi connectivity index (χ1n) is 6.24. The molecular formula is C12H21ClN4O. The smallest absolute Gasteiger partial charge is 0.254 e. The van der Waals surface area contributed by atoms with Gasteiger partial charge in [0.2, 0.25) is 0 Å². The van der Waals surface area contributed by atoms with Gasteiger partial charge in [0.1, 0.15) is 0 Å². The summed E-state index contributed by atoms with van der Waals surface area (Å²) in [5.41, 5.74) is 6.22. The summed E-state index contributed by atoms with van der Waals surface area (Å²) in [6.07, 6.45) is 7.64. The van der Waals surface area contributed by atoms with Crippen LogP contribution in [0.5, 0.6) is 0 Å². The lowest BCUT2D eigenvalue weighted by molar-refractivity contribution is 0.0903. The third-order valence-corrected chi connectivity index (χ3v) is 3.55. The Morgan fingerprint density at radius 2 is 2.22 bits per heavy atom. The largest absolute Gasteiger partial charge is 0.345 e. The molecule has 0 aliphatic heterocycles. The Hall–Kier alpha value is -1.07. The maximum Gasteiger partial charge on any atom is 0.254 e. The van der Waals surface area contributed by atoms with E-state index in [-0.39, 0.29) is 23.9 Å². The van der Waals surface area contributed by atoms with Crippen LogP contribution in [0.1, 0.15) is 43.0 Å². The van der Waals surface area contributed by atoms with E-state index in [1.807, 2.05) is 6.92 Å². The standard InChI is InChI=1S/C12H20N4O.ClH/c1-2-16-8-10(7-14-16)11(17)15-12(9-13)5-3-4-6-12;/h7-8H,2-6,9,13H2,1H3,(H,15,17);1H. The molecule has 0 saturated heterocycles. The number of hydrogen-bond donors (Lipinski definition) is 2. The van der Waals surface area contributed by atoms with Crippen LogP contribution in [0.3, 0.4) is 0 Å². The second-order valence-electron chi connectivity index (χ2n) is 4.73. The molecule has 102 valence electrons. The van der Waals surface area contributed by atoms with E-state index in [2.05, 4.69) is 10.4 Å². The van der Waals surface area contributed by atoms with Crippen molar-refractivity contribution in [2.45, 2.75) is 44.7 Å². The Bertz CT molecular complexity index is 399. The Balaban J connectivity index is 0.00000162. The monoisotopic (exact) mass is 272 g/mol. The first-order valence-corrected chi connectivity index (χ1v) is 6.24. The molecule has 1 aromatic rings. The van der Waals surface area contributed by atoms with Crippen molar-refractivity contribution in [1.29, 1.82) is 0 Å². The minimum absolute atomic E-state index is 0. The van der Waals surface area contributed by atoms with Gasteiger partial charge in [0, 0.05) is 19.3 Å². The molecule has 2 rings (SSSR count). The molecule has 0 bridgehead atoms. The molecule has 1 amide bonds. The van der Waals surface area contributed by atoms with Crippen molar-refractivity contribution < 1.29 is 4.79 Å². The minimum Gasteiger partial charge on any atom is -0.345 e. The van der Waals surface area contributed by atoms with Gasteiger partial charge in [-0.15, -0.1) is 12.4 Å². The summed E-state index contributed by atoms with van der Waals surface area (Å²) in [6.45, 7) is 3.28. The molecule has 1 aromatic heterocycles. The van der Waals surface area contributed by atoms with Crippen LogP contribution in [0.15, 0.2) is 12.4 Å². The molecule has 1 heterocycles. The van der Waals surface area contributed by atoms with Crippen LogP contribution in [0.2, 0.25) is 0 Å². The van der Waals surface area contributed by atoms with E-state index >= 15 is 0 Å². The predicted octanol–water partition coefficient (Wildman–Crippen LogP) is 1.33. The number of halogens is 1. The lowest BCUT2D eigenvalue weighted by Crippen LogP contribution is -2.51. The number of carbonyl (C=O) groups excluding carboxylic acids is 1. The number of nitrogens with two attached hydrogens (primary N) is 1. The van der Waals surface area contributed by atoms with Gasteiger partial charge in [-0.1, -0.05) is 12.8 Å². The van der Waals surface area contributed by atoms with Crippen molar-refractivity contribution in [2.75, 3.05) is 6.54 Å². The molecule has 0 radical (unpaired) electrons. The minimum atomic E-state index is -0.189. The van der Waals surface area contributed by atoms with Crippen LogP contribution in [0.4, 0.5) is 0 Å². The third-order valence-electron chi connectivity index (χ3n) is 3.55. The van der Waals surface area contributed by atoms with E-state index in [4.69, 9.17) is 5.73 Å². The van der Waals surface area contributed by atoms with E-state index in [1.165, 1.54) is 0 Å². The van der Waals surface area contributed by atoms with E-state index in [0.717, 1.165) is 32.2 Å².